The van der Waals surface area contributed by atoms with Gasteiger partial charge in [0.05, 0.1) is 22.4 Å². The molecule has 1 aromatic rings. The zero-order chi connectivity index (χ0) is 14.3. The lowest BCUT2D eigenvalue weighted by Crippen LogP contribution is -2.22. The van der Waals surface area contributed by atoms with Crippen LogP contribution in [0.1, 0.15) is 5.56 Å². The van der Waals surface area contributed by atoms with E-state index in [1.165, 1.54) is 6.08 Å². The monoisotopic (exact) mass is 312 g/mol. The molecule has 0 spiro atoms. The van der Waals surface area contributed by atoms with Crippen LogP contribution in [0.2, 0.25) is 5.02 Å². The number of halogens is 4. The summed E-state index contributed by atoms with van der Waals surface area (Å²) in [5.74, 6) is -0.159. The lowest BCUT2D eigenvalue weighted by molar-refractivity contribution is -0.137. The summed E-state index contributed by atoms with van der Waals surface area (Å²) in [7, 11) is -3.25. The highest BCUT2D eigenvalue weighted by Crippen LogP contribution is 2.32. The maximum atomic E-state index is 12.4. The minimum Gasteiger partial charge on any atom is -0.362 e. The highest BCUT2D eigenvalue weighted by Gasteiger charge is 2.32. The maximum Gasteiger partial charge on any atom is 0.417 e. The number of alkyl halides is 3. The molecule has 0 radical (unpaired) electrons. The van der Waals surface area contributed by atoms with Gasteiger partial charge in [-0.25, -0.2) is 13.4 Å². The largest absolute Gasteiger partial charge is 0.417 e. The predicted molar refractivity (Wildman–Crippen MR) is 64.6 cm³/mol. The van der Waals surface area contributed by atoms with Crippen molar-refractivity contribution >= 4 is 27.3 Å². The summed E-state index contributed by atoms with van der Waals surface area (Å²) in [6, 6.07) is 0.191. The fourth-order valence-electron chi connectivity index (χ4n) is 1.54. The Hall–Kier alpha value is -1.28. The normalized spacial score (nSPS) is 21.6. The van der Waals surface area contributed by atoms with Gasteiger partial charge in [-0.3, -0.25) is 0 Å². The first-order chi connectivity index (χ1) is 8.67. The van der Waals surface area contributed by atoms with Gasteiger partial charge in [0.2, 0.25) is 0 Å². The van der Waals surface area contributed by atoms with Crippen LogP contribution in [0, 0.1) is 0 Å². The number of rotatable bonds is 2. The number of hydrogen-bond acceptors (Lipinski definition) is 4. The molecule has 1 aromatic heterocycles. The average Bonchev–Trinajstić information content (AvgIpc) is 2.59. The first-order valence-electron chi connectivity index (χ1n) is 5.08. The molecule has 0 fully saturated rings. The number of sulfone groups is 1. The fourth-order valence-corrected chi connectivity index (χ4v) is 3.00. The second-order valence-corrected chi connectivity index (χ2v) is 6.30. The quantitative estimate of drug-likeness (QED) is 0.911. The Balaban J connectivity index is 2.17. The van der Waals surface area contributed by atoms with Crippen molar-refractivity contribution in [1.82, 2.24) is 4.98 Å². The summed E-state index contributed by atoms with van der Waals surface area (Å²) in [4.78, 5) is 3.56. The van der Waals surface area contributed by atoms with Crippen LogP contribution in [0.3, 0.4) is 0 Å². The van der Waals surface area contributed by atoms with Gasteiger partial charge in [0.25, 0.3) is 0 Å². The molecule has 1 unspecified atom stereocenters. The van der Waals surface area contributed by atoms with Crippen molar-refractivity contribution in [3.63, 3.8) is 0 Å². The van der Waals surface area contributed by atoms with E-state index in [-0.39, 0.29) is 16.6 Å². The standard InChI is InChI=1S/C10H8ClF3N2O2S/c11-8-3-6(10(12,13)14)4-15-9(8)16-7-1-2-19(17,18)5-7/h1-4,7H,5H2,(H,15,16). The van der Waals surface area contributed by atoms with Gasteiger partial charge in [0, 0.05) is 11.6 Å². The molecule has 1 aliphatic rings. The van der Waals surface area contributed by atoms with Gasteiger partial charge in [-0.15, -0.1) is 0 Å². The fraction of sp³-hybridized carbons (Fsp3) is 0.300. The molecule has 1 atom stereocenters. The van der Waals surface area contributed by atoms with E-state index in [1.54, 1.807) is 0 Å². The molecule has 4 nitrogen and oxygen atoms in total. The maximum absolute atomic E-state index is 12.4. The zero-order valence-electron chi connectivity index (χ0n) is 9.28. The first kappa shape index (κ1) is 14.1. The van der Waals surface area contributed by atoms with E-state index in [2.05, 4.69) is 10.3 Å². The molecular weight excluding hydrogens is 305 g/mol. The third-order valence-electron chi connectivity index (χ3n) is 2.42. The highest BCUT2D eigenvalue weighted by molar-refractivity contribution is 7.94. The van der Waals surface area contributed by atoms with Crippen molar-refractivity contribution in [3.05, 3.63) is 34.3 Å². The van der Waals surface area contributed by atoms with Crippen LogP contribution in [0.25, 0.3) is 0 Å². The summed E-state index contributed by atoms with van der Waals surface area (Å²) in [5, 5.41) is 3.50. The molecule has 1 N–H and O–H groups in total. The van der Waals surface area contributed by atoms with Crippen LogP contribution < -0.4 is 5.32 Å². The van der Waals surface area contributed by atoms with Gasteiger partial charge >= 0.3 is 6.18 Å². The number of anilines is 1. The molecule has 0 aliphatic carbocycles. The Morgan fingerprint density at radius 3 is 2.58 bits per heavy atom. The van der Waals surface area contributed by atoms with Crippen molar-refractivity contribution in [3.8, 4) is 0 Å². The van der Waals surface area contributed by atoms with Crippen molar-refractivity contribution < 1.29 is 21.6 Å². The second-order valence-electron chi connectivity index (χ2n) is 3.96. The molecule has 0 aromatic carbocycles. The number of pyridine rings is 1. The van der Waals surface area contributed by atoms with Gasteiger partial charge in [0.15, 0.2) is 9.84 Å². The van der Waals surface area contributed by atoms with Crippen molar-refractivity contribution in [2.24, 2.45) is 0 Å². The average molecular weight is 313 g/mol. The van der Waals surface area contributed by atoms with E-state index in [0.717, 1.165) is 11.5 Å². The van der Waals surface area contributed by atoms with Crippen LogP contribution in [0.5, 0.6) is 0 Å². The Morgan fingerprint density at radius 1 is 1.42 bits per heavy atom. The molecular formula is C10H8ClF3N2O2S. The highest BCUT2D eigenvalue weighted by atomic mass is 35.5. The van der Waals surface area contributed by atoms with Crippen molar-refractivity contribution in [1.29, 1.82) is 0 Å². The summed E-state index contributed by atoms with van der Waals surface area (Å²) in [6.07, 6.45) is -2.49. The summed E-state index contributed by atoms with van der Waals surface area (Å²) < 4.78 is 59.5. The Morgan fingerprint density at radius 2 is 2.11 bits per heavy atom. The van der Waals surface area contributed by atoms with E-state index in [4.69, 9.17) is 11.6 Å². The topological polar surface area (TPSA) is 59.1 Å². The van der Waals surface area contributed by atoms with E-state index < -0.39 is 27.6 Å². The minimum absolute atomic E-state index is 0.0152. The van der Waals surface area contributed by atoms with Crippen LogP contribution >= 0.6 is 11.6 Å². The van der Waals surface area contributed by atoms with Crippen LogP contribution in [0.4, 0.5) is 19.0 Å². The molecule has 2 heterocycles. The molecule has 1 aliphatic heterocycles. The number of nitrogens with one attached hydrogen (secondary N) is 1. The smallest absolute Gasteiger partial charge is 0.362 e. The molecule has 0 bridgehead atoms. The summed E-state index contributed by atoms with van der Waals surface area (Å²) >= 11 is 5.69. The molecule has 0 saturated heterocycles. The lowest BCUT2D eigenvalue weighted by Gasteiger charge is -2.13. The first-order valence-corrected chi connectivity index (χ1v) is 7.17. The van der Waals surface area contributed by atoms with Gasteiger partial charge in [-0.1, -0.05) is 11.6 Å². The SMILES string of the molecule is O=S1(=O)C=CC(Nc2ncc(C(F)(F)F)cc2Cl)C1. The Labute approximate surface area is 112 Å². The molecule has 0 amide bonds. The second kappa shape index (κ2) is 4.68. The minimum atomic E-state index is -4.52. The third kappa shape index (κ3) is 3.38. The van der Waals surface area contributed by atoms with Crippen LogP contribution in [-0.4, -0.2) is 25.2 Å². The molecule has 19 heavy (non-hydrogen) atoms. The van der Waals surface area contributed by atoms with Crippen LogP contribution in [0.15, 0.2) is 23.7 Å². The zero-order valence-corrected chi connectivity index (χ0v) is 10.9. The van der Waals surface area contributed by atoms with E-state index >= 15 is 0 Å². The molecule has 9 heteroatoms. The molecule has 2 rings (SSSR count). The van der Waals surface area contributed by atoms with E-state index in [0.29, 0.717) is 6.20 Å². The molecule has 104 valence electrons. The van der Waals surface area contributed by atoms with Gasteiger partial charge in [-0.05, 0) is 12.1 Å². The van der Waals surface area contributed by atoms with E-state index in [9.17, 15) is 21.6 Å². The van der Waals surface area contributed by atoms with Crippen molar-refractivity contribution in [2.45, 2.75) is 12.2 Å². The number of aromatic nitrogens is 1. The third-order valence-corrected chi connectivity index (χ3v) is 4.10. The summed E-state index contributed by atoms with van der Waals surface area (Å²) in [6.45, 7) is 0. The van der Waals surface area contributed by atoms with E-state index in [1.807, 2.05) is 0 Å². The van der Waals surface area contributed by atoms with Crippen molar-refractivity contribution in [2.75, 3.05) is 11.1 Å². The Bertz CT molecular complexity index is 628. The van der Waals surface area contributed by atoms with Gasteiger partial charge < -0.3 is 5.32 Å². The number of hydrogen-bond donors (Lipinski definition) is 1. The number of nitrogens with zero attached hydrogens (tertiary/aromatic N) is 1. The van der Waals surface area contributed by atoms with Gasteiger partial charge in [0.1, 0.15) is 5.82 Å². The summed E-state index contributed by atoms with van der Waals surface area (Å²) in [5.41, 5.74) is -0.961. The van der Waals surface area contributed by atoms with Crippen LogP contribution in [-0.2, 0) is 16.0 Å². The van der Waals surface area contributed by atoms with Gasteiger partial charge in [-0.2, -0.15) is 13.2 Å². The molecule has 0 saturated carbocycles. The Kier molecular flexibility index (Phi) is 3.48. The lowest BCUT2D eigenvalue weighted by atomic mass is 10.2. The predicted octanol–water partition coefficient (Wildman–Crippen LogP) is 2.48.